The fourth-order valence-corrected chi connectivity index (χ4v) is 3.74. The third kappa shape index (κ3) is 7.65. The largest absolute Gasteiger partial charge is 0.376 e. The van der Waals surface area contributed by atoms with Gasteiger partial charge in [-0.2, -0.15) is 0 Å². The van der Waals surface area contributed by atoms with E-state index in [1.54, 1.807) is 0 Å². The molecule has 2 nitrogen and oxygen atoms in total. The summed E-state index contributed by atoms with van der Waals surface area (Å²) in [6.45, 7) is 6.28. The molecule has 1 aromatic carbocycles. The van der Waals surface area contributed by atoms with Gasteiger partial charge in [-0.1, -0.05) is 65.0 Å². The van der Waals surface area contributed by atoms with Crippen molar-refractivity contribution in [3.63, 3.8) is 0 Å². The Kier molecular flexibility index (Phi) is 10.7. The number of nitrogens with one attached hydrogen (secondary N) is 1. The Labute approximate surface area is 154 Å². The number of hydrogen-bond acceptors (Lipinski definition) is 1. The zero-order valence-electron chi connectivity index (χ0n) is 15.8. The molecule has 0 atom stereocenters. The highest BCUT2D eigenvalue weighted by atomic mass is 32.1. The van der Waals surface area contributed by atoms with Crippen LogP contribution in [0.1, 0.15) is 90.0 Å². The number of hydrogen-bond donors (Lipinski definition) is 2. The van der Waals surface area contributed by atoms with Gasteiger partial charge in [0.05, 0.1) is 0 Å². The van der Waals surface area contributed by atoms with Crippen LogP contribution >= 0.6 is 12.2 Å². The molecule has 3 heteroatoms. The minimum atomic E-state index is 0.330. The molecule has 1 aromatic rings. The van der Waals surface area contributed by atoms with Crippen molar-refractivity contribution < 1.29 is 0 Å². The Balaban J connectivity index is 0.00000139. The van der Waals surface area contributed by atoms with E-state index >= 15 is 0 Å². The van der Waals surface area contributed by atoms with E-state index in [0.717, 1.165) is 17.5 Å². The third-order valence-corrected chi connectivity index (χ3v) is 5.06. The molecule has 0 aromatic heterocycles. The minimum Gasteiger partial charge on any atom is -0.376 e. The number of benzene rings is 1. The molecule has 0 aliphatic heterocycles. The summed E-state index contributed by atoms with van der Waals surface area (Å²) < 4.78 is 0. The van der Waals surface area contributed by atoms with E-state index in [1.807, 2.05) is 13.8 Å². The average Bonchev–Trinajstić information content (AvgIpc) is 2.61. The summed E-state index contributed by atoms with van der Waals surface area (Å²) in [4.78, 5) is 0. The first-order valence-corrected chi connectivity index (χ1v) is 10.3. The molecular weight excluding hydrogens is 312 g/mol. The van der Waals surface area contributed by atoms with Crippen molar-refractivity contribution in [2.45, 2.75) is 84.5 Å². The normalized spacial score (nSPS) is 20.0. The Morgan fingerprint density at radius 2 is 1.67 bits per heavy atom. The van der Waals surface area contributed by atoms with E-state index in [9.17, 15) is 0 Å². The number of unbranched alkanes of at least 4 members (excludes halogenated alkanes) is 3. The van der Waals surface area contributed by atoms with E-state index in [0.29, 0.717) is 5.11 Å². The zero-order valence-corrected chi connectivity index (χ0v) is 16.6. The molecule has 1 fully saturated rings. The maximum absolute atomic E-state index is 5.50. The van der Waals surface area contributed by atoms with E-state index in [-0.39, 0.29) is 0 Å². The van der Waals surface area contributed by atoms with E-state index in [2.05, 4.69) is 36.5 Å². The van der Waals surface area contributed by atoms with Crippen molar-refractivity contribution in [3.8, 4) is 0 Å². The van der Waals surface area contributed by atoms with Crippen LogP contribution in [0, 0.1) is 5.92 Å². The van der Waals surface area contributed by atoms with Gasteiger partial charge in [0.2, 0.25) is 0 Å². The summed E-state index contributed by atoms with van der Waals surface area (Å²) in [7, 11) is 0. The van der Waals surface area contributed by atoms with Crippen LogP contribution in [-0.2, 0) is 0 Å². The Hall–Kier alpha value is -1.09. The molecule has 2 rings (SSSR count). The third-order valence-electron chi connectivity index (χ3n) is 4.96. The van der Waals surface area contributed by atoms with Crippen molar-refractivity contribution in [2.75, 3.05) is 5.32 Å². The predicted octanol–water partition coefficient (Wildman–Crippen LogP) is 6.61. The summed E-state index contributed by atoms with van der Waals surface area (Å²) in [6, 6.07) is 8.64. The number of thiocarbonyl (C=S) groups is 1. The molecular formula is C21H36N2S. The molecule has 0 saturated heterocycles. The molecule has 0 radical (unpaired) electrons. The lowest BCUT2D eigenvalue weighted by atomic mass is 9.77. The topological polar surface area (TPSA) is 38.0 Å². The first-order valence-electron chi connectivity index (χ1n) is 9.85. The Bertz CT molecular complexity index is 447. The van der Waals surface area contributed by atoms with Crippen LogP contribution in [0.2, 0.25) is 0 Å². The first-order chi connectivity index (χ1) is 11.7. The van der Waals surface area contributed by atoms with Crippen LogP contribution in [0.4, 0.5) is 5.69 Å². The van der Waals surface area contributed by atoms with Crippen LogP contribution in [0.5, 0.6) is 0 Å². The van der Waals surface area contributed by atoms with E-state index in [1.165, 1.54) is 63.4 Å². The van der Waals surface area contributed by atoms with Gasteiger partial charge in [-0.15, -0.1) is 0 Å². The van der Waals surface area contributed by atoms with Gasteiger partial charge < -0.3 is 11.1 Å². The summed E-state index contributed by atoms with van der Waals surface area (Å²) in [5, 5.41) is 3.31. The Morgan fingerprint density at radius 3 is 2.21 bits per heavy atom. The highest BCUT2D eigenvalue weighted by molar-refractivity contribution is 7.80. The lowest BCUT2D eigenvalue weighted by Gasteiger charge is -2.29. The fraction of sp³-hybridized carbons (Fsp3) is 0.667. The monoisotopic (exact) mass is 348 g/mol. The maximum atomic E-state index is 5.50. The van der Waals surface area contributed by atoms with E-state index < -0.39 is 0 Å². The summed E-state index contributed by atoms with van der Waals surface area (Å²) >= 11 is 4.87. The van der Waals surface area contributed by atoms with Crippen molar-refractivity contribution in [2.24, 2.45) is 11.7 Å². The molecule has 0 bridgehead atoms. The summed E-state index contributed by atoms with van der Waals surface area (Å²) in [5.74, 6) is 1.72. The molecule has 0 spiro atoms. The van der Waals surface area contributed by atoms with Gasteiger partial charge in [0.25, 0.3) is 0 Å². The predicted molar refractivity (Wildman–Crippen MR) is 112 cm³/mol. The van der Waals surface area contributed by atoms with Gasteiger partial charge in [0.15, 0.2) is 5.11 Å². The van der Waals surface area contributed by atoms with Crippen LogP contribution in [0.15, 0.2) is 24.3 Å². The maximum Gasteiger partial charge on any atom is 0.168 e. The van der Waals surface area contributed by atoms with Crippen LogP contribution in [0.25, 0.3) is 0 Å². The molecule has 136 valence electrons. The summed E-state index contributed by atoms with van der Waals surface area (Å²) in [5.41, 5.74) is 7.96. The second-order valence-corrected chi connectivity index (χ2v) is 7.12. The smallest absolute Gasteiger partial charge is 0.168 e. The van der Waals surface area contributed by atoms with Crippen LogP contribution < -0.4 is 11.1 Å². The van der Waals surface area contributed by atoms with Gasteiger partial charge >= 0.3 is 0 Å². The molecule has 3 N–H and O–H groups in total. The molecule has 1 saturated carbocycles. The number of anilines is 1. The van der Waals surface area contributed by atoms with Gasteiger partial charge in [0.1, 0.15) is 0 Å². The molecule has 1 aliphatic rings. The van der Waals surface area contributed by atoms with Crippen LogP contribution in [-0.4, -0.2) is 5.11 Å². The van der Waals surface area contributed by atoms with Gasteiger partial charge in [0, 0.05) is 5.69 Å². The molecule has 0 heterocycles. The van der Waals surface area contributed by atoms with Crippen molar-refractivity contribution in [3.05, 3.63) is 29.8 Å². The highest BCUT2D eigenvalue weighted by Crippen LogP contribution is 2.38. The highest BCUT2D eigenvalue weighted by Gasteiger charge is 2.21. The van der Waals surface area contributed by atoms with Gasteiger partial charge in [-0.05, 0) is 67.4 Å². The van der Waals surface area contributed by atoms with Gasteiger partial charge in [-0.3, -0.25) is 0 Å². The lowest BCUT2D eigenvalue weighted by molar-refractivity contribution is 0.302. The lowest BCUT2D eigenvalue weighted by Crippen LogP contribution is -2.19. The standard InChI is InChI=1S/C19H30N2S.C2H6/c1-2-3-4-5-6-15-7-9-16(10-8-15)17-11-13-18(14-12-17)21-19(20)22;1-2/h11-16H,2-10H2,1H3,(H3,20,21,22);1-2H3. The fourth-order valence-electron chi connectivity index (χ4n) is 3.63. The average molecular weight is 349 g/mol. The van der Waals surface area contributed by atoms with Crippen molar-refractivity contribution in [1.29, 1.82) is 0 Å². The zero-order chi connectivity index (χ0) is 17.8. The minimum absolute atomic E-state index is 0.330. The Morgan fingerprint density at radius 1 is 1.04 bits per heavy atom. The summed E-state index contributed by atoms with van der Waals surface area (Å²) in [6.07, 6.45) is 12.6. The van der Waals surface area contributed by atoms with Gasteiger partial charge in [-0.25, -0.2) is 0 Å². The number of nitrogens with two attached hydrogens (primary N) is 1. The molecule has 0 unspecified atom stereocenters. The molecule has 24 heavy (non-hydrogen) atoms. The molecule has 0 amide bonds. The van der Waals surface area contributed by atoms with Crippen molar-refractivity contribution >= 4 is 23.0 Å². The van der Waals surface area contributed by atoms with E-state index in [4.69, 9.17) is 18.0 Å². The SMILES string of the molecule is CC.CCCCCCC1CCC(c2ccc(NC(N)=S)cc2)CC1. The number of rotatable bonds is 7. The first kappa shape index (κ1) is 21.0. The van der Waals surface area contributed by atoms with Crippen molar-refractivity contribution in [1.82, 2.24) is 0 Å². The van der Waals surface area contributed by atoms with Crippen LogP contribution in [0.3, 0.4) is 0 Å². The second-order valence-electron chi connectivity index (χ2n) is 6.68. The molecule has 1 aliphatic carbocycles. The second kappa shape index (κ2) is 12.3. The quantitative estimate of drug-likeness (QED) is 0.430.